The van der Waals surface area contributed by atoms with Crippen molar-refractivity contribution in [1.82, 2.24) is 9.88 Å². The lowest BCUT2D eigenvalue weighted by molar-refractivity contribution is 0.259. The Bertz CT molecular complexity index is 1210. The topological polar surface area (TPSA) is 74.3 Å². The Labute approximate surface area is 194 Å². The van der Waals surface area contributed by atoms with Gasteiger partial charge in [-0.3, -0.25) is 9.62 Å². The number of anilines is 2. The van der Waals surface area contributed by atoms with Crippen LogP contribution in [0.4, 0.5) is 24.7 Å². The number of likely N-dealkylation sites (tertiary alicyclic amines) is 1. The molecule has 1 aromatic heterocycles. The average Bonchev–Trinajstić information content (AvgIpc) is 3.38. The summed E-state index contributed by atoms with van der Waals surface area (Å²) in [6.07, 6.45) is 2.18. The fourth-order valence-corrected chi connectivity index (χ4v) is 5.64. The van der Waals surface area contributed by atoms with E-state index in [9.17, 15) is 21.6 Å². The molecule has 0 aliphatic carbocycles. The van der Waals surface area contributed by atoms with Gasteiger partial charge in [0.2, 0.25) is 0 Å². The molecule has 33 heavy (non-hydrogen) atoms. The van der Waals surface area contributed by atoms with Crippen molar-refractivity contribution in [3.8, 4) is 0 Å². The second-order valence-corrected chi connectivity index (χ2v) is 10.3. The van der Waals surface area contributed by atoms with E-state index < -0.39 is 32.4 Å². The molecule has 1 aliphatic rings. The van der Waals surface area contributed by atoms with Crippen LogP contribution in [0.5, 0.6) is 0 Å². The second-order valence-electron chi connectivity index (χ2n) is 7.94. The highest BCUT2D eigenvalue weighted by Crippen LogP contribution is 2.27. The van der Waals surface area contributed by atoms with Gasteiger partial charge in [0, 0.05) is 35.8 Å². The summed E-state index contributed by atoms with van der Waals surface area (Å²) < 4.78 is 70.7. The van der Waals surface area contributed by atoms with Crippen LogP contribution in [0.25, 0.3) is 0 Å². The number of sulfonamides is 1. The van der Waals surface area contributed by atoms with Crippen molar-refractivity contribution in [2.75, 3.05) is 16.6 Å². The molecule has 3 aromatic rings. The van der Waals surface area contributed by atoms with Gasteiger partial charge in [-0.05, 0) is 50.1 Å². The number of hydrogen-bond acceptors (Lipinski definition) is 6. The van der Waals surface area contributed by atoms with Gasteiger partial charge in [0.1, 0.15) is 17.5 Å². The summed E-state index contributed by atoms with van der Waals surface area (Å²) >= 11 is 1.13. The summed E-state index contributed by atoms with van der Waals surface area (Å²) in [4.78, 5) is 4.93. The first-order chi connectivity index (χ1) is 15.7. The summed E-state index contributed by atoms with van der Waals surface area (Å²) in [6.45, 7) is 3.64. The Hall–Kier alpha value is -2.63. The Morgan fingerprint density at radius 3 is 2.58 bits per heavy atom. The molecule has 0 amide bonds. The van der Waals surface area contributed by atoms with E-state index in [4.69, 9.17) is 0 Å². The molecule has 2 N–H and O–H groups in total. The van der Waals surface area contributed by atoms with Gasteiger partial charge in [0.05, 0.1) is 5.51 Å². The predicted molar refractivity (Wildman–Crippen MR) is 122 cm³/mol. The summed E-state index contributed by atoms with van der Waals surface area (Å²) in [5.74, 6) is -2.97. The zero-order valence-electron chi connectivity index (χ0n) is 17.8. The van der Waals surface area contributed by atoms with Gasteiger partial charge in [-0.25, -0.2) is 26.6 Å². The van der Waals surface area contributed by atoms with Crippen LogP contribution in [-0.2, 0) is 23.1 Å². The Morgan fingerprint density at radius 1 is 1.18 bits per heavy atom. The lowest BCUT2D eigenvalue weighted by atomic mass is 10.1. The van der Waals surface area contributed by atoms with Crippen LogP contribution in [-0.4, -0.2) is 30.9 Å². The fourth-order valence-electron chi connectivity index (χ4n) is 3.96. The molecule has 1 atom stereocenters. The Morgan fingerprint density at radius 2 is 1.94 bits per heavy atom. The van der Waals surface area contributed by atoms with Gasteiger partial charge >= 0.3 is 0 Å². The van der Waals surface area contributed by atoms with Crippen LogP contribution in [0.15, 0.2) is 46.1 Å². The van der Waals surface area contributed by atoms with E-state index in [0.29, 0.717) is 18.2 Å². The molecule has 4 rings (SSSR count). The van der Waals surface area contributed by atoms with Gasteiger partial charge < -0.3 is 5.32 Å². The lowest BCUT2D eigenvalue weighted by Crippen LogP contribution is -2.27. The first-order valence-corrected chi connectivity index (χ1v) is 12.8. The Kier molecular flexibility index (Phi) is 6.91. The number of thiazole rings is 1. The van der Waals surface area contributed by atoms with Crippen LogP contribution < -0.4 is 10.0 Å². The number of aromatic nitrogens is 1. The van der Waals surface area contributed by atoms with E-state index in [0.717, 1.165) is 48.4 Å². The van der Waals surface area contributed by atoms with Crippen LogP contribution in [0.1, 0.15) is 30.9 Å². The summed E-state index contributed by atoms with van der Waals surface area (Å²) in [5, 5.41) is 4.22. The maximum absolute atomic E-state index is 14.6. The normalized spacial score (nSPS) is 16.8. The molecule has 2 heterocycles. The predicted octanol–water partition coefficient (Wildman–Crippen LogP) is 4.96. The molecule has 2 aromatic carbocycles. The number of nitrogens with zero attached hydrogens (tertiary/aromatic N) is 2. The molecule has 1 saturated heterocycles. The third-order valence-corrected chi connectivity index (χ3v) is 7.68. The molecule has 1 aliphatic heterocycles. The van der Waals surface area contributed by atoms with Gasteiger partial charge in [0.25, 0.3) is 10.0 Å². The minimum atomic E-state index is -4.51. The maximum Gasteiger partial charge on any atom is 0.268 e. The van der Waals surface area contributed by atoms with Crippen molar-refractivity contribution in [3.05, 3.63) is 69.8 Å². The fraction of sp³-hybridized carbons (Fsp3) is 0.318. The van der Waals surface area contributed by atoms with Gasteiger partial charge in [0.15, 0.2) is 10.7 Å². The smallest absolute Gasteiger partial charge is 0.268 e. The zero-order valence-corrected chi connectivity index (χ0v) is 19.4. The summed E-state index contributed by atoms with van der Waals surface area (Å²) in [6, 6.07) is 6.98. The monoisotopic (exact) mass is 496 g/mol. The quantitative estimate of drug-likeness (QED) is 0.461. The largest absolute Gasteiger partial charge is 0.381 e. The minimum absolute atomic E-state index is 0.00125. The molecule has 0 radical (unpaired) electrons. The molecule has 176 valence electrons. The highest BCUT2D eigenvalue weighted by atomic mass is 32.2. The van der Waals surface area contributed by atoms with Crippen LogP contribution >= 0.6 is 11.3 Å². The molecule has 1 fully saturated rings. The molecular formula is C22H23F3N4O2S2. The maximum atomic E-state index is 14.6. The van der Waals surface area contributed by atoms with Crippen molar-refractivity contribution >= 4 is 32.9 Å². The average molecular weight is 497 g/mol. The molecule has 6 nitrogen and oxygen atoms in total. The van der Waals surface area contributed by atoms with Crippen LogP contribution in [0, 0.1) is 17.5 Å². The molecule has 0 spiro atoms. The van der Waals surface area contributed by atoms with E-state index in [1.165, 1.54) is 17.0 Å². The number of hydrogen-bond donors (Lipinski definition) is 2. The minimum Gasteiger partial charge on any atom is -0.381 e. The third kappa shape index (κ3) is 5.31. The zero-order chi connectivity index (χ0) is 23.6. The molecule has 1 unspecified atom stereocenters. The van der Waals surface area contributed by atoms with Gasteiger partial charge in [-0.1, -0.05) is 12.1 Å². The number of rotatable bonds is 8. The van der Waals surface area contributed by atoms with E-state index >= 15 is 0 Å². The van der Waals surface area contributed by atoms with Crippen molar-refractivity contribution in [2.45, 2.75) is 43.8 Å². The SMILES string of the molecule is CC1CCCN1Cc1cccc(F)c1CNc1cc(F)c(S(=O)(=O)Nc2cscn2)c(F)c1. The molecule has 0 bridgehead atoms. The van der Waals surface area contributed by atoms with E-state index in [1.54, 1.807) is 6.07 Å². The van der Waals surface area contributed by atoms with E-state index in [1.807, 2.05) is 10.8 Å². The standard InChI is InChI=1S/C22H23F3N4O2S2/c1-14-4-3-7-29(14)11-15-5-2-6-18(23)17(15)10-26-16-8-19(24)22(20(25)9-16)33(30,31)28-21-12-32-13-27-21/h2,5-6,8-9,12-14,26,28H,3-4,7,10-11H2,1H3. The lowest BCUT2D eigenvalue weighted by Gasteiger charge is -2.23. The number of halogens is 3. The first-order valence-electron chi connectivity index (χ1n) is 10.4. The number of nitrogens with one attached hydrogen (secondary N) is 2. The van der Waals surface area contributed by atoms with Crippen LogP contribution in [0.2, 0.25) is 0 Å². The highest BCUT2D eigenvalue weighted by molar-refractivity contribution is 7.92. The molecule has 11 heteroatoms. The van der Waals surface area contributed by atoms with Crippen molar-refractivity contribution < 1.29 is 21.6 Å². The second kappa shape index (κ2) is 9.70. The summed E-state index contributed by atoms with van der Waals surface area (Å²) in [5.41, 5.74) is 2.59. The summed E-state index contributed by atoms with van der Waals surface area (Å²) in [7, 11) is -4.51. The van der Waals surface area contributed by atoms with E-state index in [-0.39, 0.29) is 18.1 Å². The van der Waals surface area contributed by atoms with Crippen LogP contribution in [0.3, 0.4) is 0 Å². The van der Waals surface area contributed by atoms with Gasteiger partial charge in [-0.15, -0.1) is 11.3 Å². The Balaban J connectivity index is 1.53. The van der Waals surface area contributed by atoms with Crippen molar-refractivity contribution in [1.29, 1.82) is 0 Å². The van der Waals surface area contributed by atoms with Crippen molar-refractivity contribution in [2.24, 2.45) is 0 Å². The van der Waals surface area contributed by atoms with Crippen molar-refractivity contribution in [3.63, 3.8) is 0 Å². The molecular weight excluding hydrogens is 473 g/mol. The number of benzene rings is 2. The first kappa shape index (κ1) is 23.5. The highest BCUT2D eigenvalue weighted by Gasteiger charge is 2.26. The molecule has 0 saturated carbocycles. The third-order valence-electron chi connectivity index (χ3n) is 5.69. The van der Waals surface area contributed by atoms with E-state index in [2.05, 4.69) is 22.1 Å². The van der Waals surface area contributed by atoms with Gasteiger partial charge in [-0.2, -0.15) is 0 Å².